The number of nitrogens with zero attached hydrogens (tertiary/aromatic N) is 1. The average Bonchev–Trinajstić information content (AvgIpc) is 3.62. The fraction of sp³-hybridized carbons (Fsp3) is 0. The first-order chi connectivity index (χ1) is 28.3. The normalized spacial score (nSPS) is 11.8. The Kier molecular flexibility index (Phi) is 7.89. The zero-order chi connectivity index (χ0) is 37.7. The van der Waals surface area contributed by atoms with Gasteiger partial charge in [-0.15, -0.1) is 0 Å². The van der Waals surface area contributed by atoms with E-state index in [4.69, 9.17) is 0 Å². The van der Waals surface area contributed by atoms with Crippen LogP contribution in [-0.2, 0) is 0 Å². The molecule has 0 amide bonds. The van der Waals surface area contributed by atoms with Crippen LogP contribution in [-0.4, -0.2) is 4.57 Å². The smallest absolute Gasteiger partial charge is 0.0541 e. The highest BCUT2D eigenvalue weighted by Crippen LogP contribution is 2.44. The van der Waals surface area contributed by atoms with Gasteiger partial charge in [-0.3, -0.25) is 0 Å². The predicted molar refractivity (Wildman–Crippen MR) is 245 cm³/mol. The number of para-hydroxylation sites is 2. The zero-order valence-electron chi connectivity index (χ0n) is 31.3. The molecule has 0 bridgehead atoms. The van der Waals surface area contributed by atoms with Gasteiger partial charge in [-0.05, 0) is 101 Å². The number of hydrogen-bond acceptors (Lipinski definition) is 0. The minimum absolute atomic E-state index is 1.16. The molecule has 0 aliphatic carbocycles. The van der Waals surface area contributed by atoms with Gasteiger partial charge in [0.1, 0.15) is 0 Å². The summed E-state index contributed by atoms with van der Waals surface area (Å²) in [5.74, 6) is 0. The molecule has 0 fully saturated rings. The van der Waals surface area contributed by atoms with Crippen molar-refractivity contribution in [3.8, 4) is 39.1 Å². The SMILES string of the molecule is C(=C\c1ccc(-c2c3ccccc3c(-c3ccc(-n4c5ccccc5c5ccccc54)cc3)c3ccccc23)cc1)/c1ccc(-c2cccc3ccccc23)cc1. The van der Waals surface area contributed by atoms with Gasteiger partial charge in [0, 0.05) is 16.5 Å². The lowest BCUT2D eigenvalue weighted by Crippen LogP contribution is -1.94. The quantitative estimate of drug-likeness (QED) is 0.119. The second-order valence-electron chi connectivity index (χ2n) is 14.9. The molecule has 1 nitrogen and oxygen atoms in total. The third-order valence-corrected chi connectivity index (χ3v) is 11.6. The summed E-state index contributed by atoms with van der Waals surface area (Å²) in [6.07, 6.45) is 4.41. The molecule has 11 aromatic rings. The second-order valence-corrected chi connectivity index (χ2v) is 14.9. The van der Waals surface area contributed by atoms with Crippen molar-refractivity contribution in [3.05, 3.63) is 223 Å². The molecule has 11 rings (SSSR count). The van der Waals surface area contributed by atoms with Crippen molar-refractivity contribution >= 4 is 66.3 Å². The molecule has 10 aromatic carbocycles. The van der Waals surface area contributed by atoms with Gasteiger partial charge in [0.15, 0.2) is 0 Å². The molecule has 1 heteroatoms. The van der Waals surface area contributed by atoms with Gasteiger partial charge >= 0.3 is 0 Å². The molecule has 0 atom stereocenters. The summed E-state index contributed by atoms with van der Waals surface area (Å²) in [4.78, 5) is 0. The van der Waals surface area contributed by atoms with E-state index in [1.807, 2.05) is 0 Å². The highest BCUT2D eigenvalue weighted by Gasteiger charge is 2.17. The molecule has 57 heavy (non-hydrogen) atoms. The molecule has 0 saturated carbocycles. The largest absolute Gasteiger partial charge is 0.309 e. The average molecular weight is 724 g/mol. The fourth-order valence-electron chi connectivity index (χ4n) is 8.93. The summed E-state index contributed by atoms with van der Waals surface area (Å²) in [6, 6.07) is 77.3. The monoisotopic (exact) mass is 723 g/mol. The molecule has 0 unspecified atom stereocenters. The van der Waals surface area contributed by atoms with E-state index < -0.39 is 0 Å². The molecule has 266 valence electrons. The Morgan fingerprint density at radius 3 is 1.18 bits per heavy atom. The second kappa shape index (κ2) is 13.7. The predicted octanol–water partition coefficient (Wildman–Crippen LogP) is 15.4. The van der Waals surface area contributed by atoms with Gasteiger partial charge < -0.3 is 4.57 Å². The van der Waals surface area contributed by atoms with Crippen LogP contribution >= 0.6 is 0 Å². The number of hydrogen-bond donors (Lipinski definition) is 0. The Balaban J connectivity index is 0.937. The van der Waals surface area contributed by atoms with Crippen molar-refractivity contribution in [2.45, 2.75) is 0 Å². The summed E-state index contributed by atoms with van der Waals surface area (Å²) in [5.41, 5.74) is 13.4. The maximum Gasteiger partial charge on any atom is 0.0541 e. The van der Waals surface area contributed by atoms with E-state index in [-0.39, 0.29) is 0 Å². The number of benzene rings is 10. The van der Waals surface area contributed by atoms with Gasteiger partial charge in [0.25, 0.3) is 0 Å². The summed E-state index contributed by atoms with van der Waals surface area (Å²) < 4.78 is 2.38. The minimum atomic E-state index is 1.16. The molecule has 0 saturated heterocycles. The third-order valence-electron chi connectivity index (χ3n) is 11.6. The molecule has 0 aliphatic rings. The Morgan fingerprint density at radius 2 is 0.667 bits per heavy atom. The van der Waals surface area contributed by atoms with Crippen LogP contribution < -0.4 is 0 Å². The lowest BCUT2D eigenvalue weighted by molar-refractivity contribution is 1.18. The van der Waals surface area contributed by atoms with Crippen molar-refractivity contribution < 1.29 is 0 Å². The molecular weight excluding hydrogens is 687 g/mol. The summed E-state index contributed by atoms with van der Waals surface area (Å²) in [6.45, 7) is 0. The van der Waals surface area contributed by atoms with Gasteiger partial charge in [-0.25, -0.2) is 0 Å². The summed E-state index contributed by atoms with van der Waals surface area (Å²) in [5, 5.41) is 10.1. The van der Waals surface area contributed by atoms with E-state index in [2.05, 4.69) is 229 Å². The molecule has 1 aromatic heterocycles. The summed E-state index contributed by atoms with van der Waals surface area (Å²) in [7, 11) is 0. The van der Waals surface area contributed by atoms with E-state index in [1.165, 1.54) is 98.6 Å². The lowest BCUT2D eigenvalue weighted by atomic mass is 9.86. The first-order valence-corrected chi connectivity index (χ1v) is 19.7. The third kappa shape index (κ3) is 5.63. The van der Waals surface area contributed by atoms with Gasteiger partial charge in [-0.2, -0.15) is 0 Å². The van der Waals surface area contributed by atoms with Crippen LogP contribution in [0.5, 0.6) is 0 Å². The van der Waals surface area contributed by atoms with Crippen LogP contribution in [0.25, 0.3) is 105 Å². The number of rotatable bonds is 6. The van der Waals surface area contributed by atoms with Crippen LogP contribution in [0.1, 0.15) is 11.1 Å². The molecule has 1 heterocycles. The minimum Gasteiger partial charge on any atom is -0.309 e. The fourth-order valence-corrected chi connectivity index (χ4v) is 8.93. The molecule has 0 aliphatic heterocycles. The van der Waals surface area contributed by atoms with Crippen LogP contribution in [0.15, 0.2) is 212 Å². The van der Waals surface area contributed by atoms with Crippen LogP contribution in [0, 0.1) is 0 Å². The number of aromatic nitrogens is 1. The van der Waals surface area contributed by atoms with Crippen molar-refractivity contribution in [1.82, 2.24) is 4.57 Å². The van der Waals surface area contributed by atoms with Gasteiger partial charge in [0.2, 0.25) is 0 Å². The van der Waals surface area contributed by atoms with Crippen LogP contribution in [0.4, 0.5) is 0 Å². The molecule has 0 N–H and O–H groups in total. The highest BCUT2D eigenvalue weighted by molar-refractivity contribution is 6.21. The zero-order valence-corrected chi connectivity index (χ0v) is 31.3. The van der Waals surface area contributed by atoms with Gasteiger partial charge in [-0.1, -0.05) is 200 Å². The van der Waals surface area contributed by atoms with E-state index in [0.717, 1.165) is 5.69 Å². The van der Waals surface area contributed by atoms with Crippen molar-refractivity contribution in [1.29, 1.82) is 0 Å². The standard InChI is InChI=1S/C56H37N/c1-2-14-45-40(12-1)13-11-21-46(45)41-30-26-38(27-31-41)24-25-39-28-32-42(33-29-39)55-49-17-3-5-19-51(49)56(52-20-6-4-18-50(52)55)43-34-36-44(37-35-43)57-53-22-9-7-15-47(53)48-16-8-10-23-54(48)57/h1-37H/b25-24+. The molecule has 0 radical (unpaired) electrons. The summed E-state index contributed by atoms with van der Waals surface area (Å²) >= 11 is 0. The van der Waals surface area contributed by atoms with Crippen molar-refractivity contribution in [2.75, 3.05) is 0 Å². The topological polar surface area (TPSA) is 4.93 Å². The van der Waals surface area contributed by atoms with Gasteiger partial charge in [0.05, 0.1) is 11.0 Å². The van der Waals surface area contributed by atoms with Crippen molar-refractivity contribution in [3.63, 3.8) is 0 Å². The lowest BCUT2D eigenvalue weighted by Gasteiger charge is -2.18. The Labute approximate surface area is 332 Å². The highest BCUT2D eigenvalue weighted by atomic mass is 15.0. The van der Waals surface area contributed by atoms with Crippen LogP contribution in [0.2, 0.25) is 0 Å². The molecule has 0 spiro atoms. The Morgan fingerprint density at radius 1 is 0.281 bits per heavy atom. The van der Waals surface area contributed by atoms with E-state index in [0.29, 0.717) is 0 Å². The Hall–Kier alpha value is -7.48. The number of fused-ring (bicyclic) bond motifs is 6. The van der Waals surface area contributed by atoms with Crippen LogP contribution in [0.3, 0.4) is 0 Å². The van der Waals surface area contributed by atoms with E-state index >= 15 is 0 Å². The van der Waals surface area contributed by atoms with Crippen molar-refractivity contribution in [2.24, 2.45) is 0 Å². The maximum absolute atomic E-state index is 2.38. The first-order valence-electron chi connectivity index (χ1n) is 19.7. The maximum atomic E-state index is 2.38. The Bertz CT molecular complexity index is 3190. The van der Waals surface area contributed by atoms with E-state index in [9.17, 15) is 0 Å². The van der Waals surface area contributed by atoms with E-state index in [1.54, 1.807) is 0 Å². The first kappa shape index (κ1) is 32.9. The molecular formula is C56H37N.